The van der Waals surface area contributed by atoms with E-state index in [1.165, 1.54) is 12.1 Å². The van der Waals surface area contributed by atoms with Gasteiger partial charge in [0.25, 0.3) is 0 Å². The van der Waals surface area contributed by atoms with E-state index in [-0.39, 0.29) is 0 Å². The maximum absolute atomic E-state index is 9.88. The van der Waals surface area contributed by atoms with Crippen LogP contribution in [0.3, 0.4) is 0 Å². The Hall–Kier alpha value is -3.80. The van der Waals surface area contributed by atoms with Gasteiger partial charge in [0.05, 0.1) is 11.5 Å². The maximum Gasteiger partial charge on any atom is 0.123 e. The molecule has 176 valence electrons. The minimum Gasteiger partial charge on any atom is -0.384 e. The molecule has 3 aromatic rings. The number of likely N-dealkylation sites (N-methyl/N-ethyl adjacent to an activating group) is 1. The molecular formula is C30H31N5. The highest BCUT2D eigenvalue weighted by Gasteiger charge is 2.41. The Morgan fingerprint density at radius 1 is 1.00 bits per heavy atom. The summed E-state index contributed by atoms with van der Waals surface area (Å²) in [6, 6.07) is 20.4. The van der Waals surface area contributed by atoms with Gasteiger partial charge in [-0.15, -0.1) is 0 Å². The smallest absolute Gasteiger partial charge is 0.123 e. The van der Waals surface area contributed by atoms with Crippen LogP contribution in [-0.4, -0.2) is 42.1 Å². The van der Waals surface area contributed by atoms with E-state index >= 15 is 0 Å². The Kier molecular flexibility index (Phi) is 5.75. The summed E-state index contributed by atoms with van der Waals surface area (Å²) in [6.45, 7) is 8.19. The fourth-order valence-electron chi connectivity index (χ4n) is 5.11. The topological polar surface area (TPSA) is 69.2 Å². The maximum atomic E-state index is 9.88. The molecule has 0 radical (unpaired) electrons. The highest BCUT2D eigenvalue weighted by atomic mass is 15.3. The number of aryl methyl sites for hydroxylation is 1. The van der Waals surface area contributed by atoms with Crippen LogP contribution in [0.5, 0.6) is 0 Å². The number of nitrogens with two attached hydrogens (primary N) is 1. The molecule has 2 fully saturated rings. The third kappa shape index (κ3) is 4.48. The lowest BCUT2D eigenvalue weighted by Gasteiger charge is -2.34. The molecule has 2 atom stereocenters. The first-order valence-corrected chi connectivity index (χ1v) is 12.1. The van der Waals surface area contributed by atoms with E-state index < -0.39 is 5.41 Å². The van der Waals surface area contributed by atoms with Crippen molar-refractivity contribution < 1.29 is 0 Å². The molecule has 0 aliphatic carbocycles. The van der Waals surface area contributed by atoms with Crippen molar-refractivity contribution in [1.29, 1.82) is 5.26 Å². The second-order valence-electron chi connectivity index (χ2n) is 10.4. The van der Waals surface area contributed by atoms with Gasteiger partial charge in [-0.25, -0.2) is 4.98 Å². The number of nitrogens with zero attached hydrogens (tertiary/aromatic N) is 4. The van der Waals surface area contributed by atoms with E-state index in [0.29, 0.717) is 17.9 Å². The van der Waals surface area contributed by atoms with Crippen LogP contribution in [0.25, 0.3) is 11.1 Å². The first kappa shape index (κ1) is 23.0. The van der Waals surface area contributed by atoms with Crippen LogP contribution in [-0.2, 0) is 5.41 Å². The molecular weight excluding hydrogens is 430 g/mol. The van der Waals surface area contributed by atoms with E-state index in [9.17, 15) is 5.26 Å². The van der Waals surface area contributed by atoms with Crippen LogP contribution in [0.4, 0.5) is 11.5 Å². The molecule has 2 saturated heterocycles. The van der Waals surface area contributed by atoms with Crippen molar-refractivity contribution >= 4 is 11.5 Å². The SMILES string of the molecule is Cc1ccc(-c2cc(N3CC4CC3CN4C)cc(C(C)(C)C#N)c2)cc1C#Cc1ccc(N)nc1. The molecule has 0 spiro atoms. The molecule has 2 unspecified atom stereocenters. The lowest BCUT2D eigenvalue weighted by atomic mass is 9.84. The third-order valence-corrected chi connectivity index (χ3v) is 7.46. The van der Waals surface area contributed by atoms with Gasteiger partial charge >= 0.3 is 0 Å². The van der Waals surface area contributed by atoms with Gasteiger partial charge in [-0.05, 0) is 92.9 Å². The highest BCUT2D eigenvalue weighted by molar-refractivity contribution is 5.73. The van der Waals surface area contributed by atoms with Crippen molar-refractivity contribution in [1.82, 2.24) is 9.88 Å². The first-order valence-electron chi connectivity index (χ1n) is 12.1. The van der Waals surface area contributed by atoms with Crippen molar-refractivity contribution in [2.75, 3.05) is 30.8 Å². The Morgan fingerprint density at radius 3 is 2.49 bits per heavy atom. The second-order valence-corrected chi connectivity index (χ2v) is 10.4. The summed E-state index contributed by atoms with van der Waals surface area (Å²) < 4.78 is 0. The molecule has 2 aliphatic heterocycles. The number of piperazine rings is 1. The number of fused-ring (bicyclic) bond motifs is 2. The molecule has 35 heavy (non-hydrogen) atoms. The van der Waals surface area contributed by atoms with Crippen molar-refractivity contribution in [2.45, 2.75) is 44.7 Å². The lowest BCUT2D eigenvalue weighted by molar-refractivity contribution is 0.292. The standard InChI is InChI=1S/C30H31N5/c1-20-5-8-23(11-22(20)9-6-21-7-10-29(32)33-16-21)24-12-25(30(2,3)19-31)14-26(13-24)35-18-27-15-28(35)17-34(27)4/h5,7-8,10-14,16,27-28H,15,17-18H2,1-4H3,(H2,32,33). The van der Waals surface area contributed by atoms with Crippen molar-refractivity contribution in [2.24, 2.45) is 0 Å². The largest absolute Gasteiger partial charge is 0.384 e. The quantitative estimate of drug-likeness (QED) is 0.571. The summed E-state index contributed by atoms with van der Waals surface area (Å²) in [5.74, 6) is 7.01. The highest BCUT2D eigenvalue weighted by Crippen LogP contribution is 2.38. The number of pyridine rings is 1. The summed E-state index contributed by atoms with van der Waals surface area (Å²) >= 11 is 0. The molecule has 2 N–H and O–H groups in total. The van der Waals surface area contributed by atoms with E-state index in [0.717, 1.165) is 46.5 Å². The van der Waals surface area contributed by atoms with Crippen LogP contribution in [0.2, 0.25) is 0 Å². The summed E-state index contributed by atoms with van der Waals surface area (Å²) in [7, 11) is 2.22. The fourth-order valence-corrected chi connectivity index (χ4v) is 5.11. The van der Waals surface area contributed by atoms with Gasteiger partial charge in [-0.3, -0.25) is 4.90 Å². The number of hydrogen-bond acceptors (Lipinski definition) is 5. The zero-order valence-electron chi connectivity index (χ0n) is 20.8. The number of nitriles is 1. The molecule has 0 saturated carbocycles. The van der Waals surface area contributed by atoms with E-state index in [2.05, 4.69) is 83.1 Å². The van der Waals surface area contributed by atoms with Gasteiger partial charge in [-0.2, -0.15) is 5.26 Å². The van der Waals surface area contributed by atoms with Gasteiger partial charge in [0, 0.05) is 48.2 Å². The van der Waals surface area contributed by atoms with Gasteiger partial charge in [0.15, 0.2) is 0 Å². The number of rotatable bonds is 3. The molecule has 5 rings (SSSR count). The Labute approximate surface area is 208 Å². The van der Waals surface area contributed by atoms with Crippen LogP contribution in [0, 0.1) is 30.1 Å². The number of likely N-dealkylation sites (tertiary alicyclic amines) is 1. The predicted octanol–water partition coefficient (Wildman–Crippen LogP) is 4.73. The molecule has 0 amide bonds. The molecule has 3 heterocycles. The van der Waals surface area contributed by atoms with Crippen LogP contribution >= 0.6 is 0 Å². The minimum atomic E-state index is -0.574. The second kappa shape index (κ2) is 8.77. The number of benzene rings is 2. The van der Waals surface area contributed by atoms with Gasteiger partial charge in [-0.1, -0.05) is 24.0 Å². The number of anilines is 2. The summed E-state index contributed by atoms with van der Waals surface area (Å²) in [6.07, 6.45) is 2.91. The first-order chi connectivity index (χ1) is 16.7. The molecule has 5 nitrogen and oxygen atoms in total. The van der Waals surface area contributed by atoms with Crippen LogP contribution in [0.1, 0.15) is 42.5 Å². The average Bonchev–Trinajstić information content (AvgIpc) is 3.44. The molecule has 2 bridgehead atoms. The summed E-state index contributed by atoms with van der Waals surface area (Å²) in [5, 5.41) is 9.88. The van der Waals surface area contributed by atoms with Crippen molar-refractivity contribution in [3.63, 3.8) is 0 Å². The molecule has 2 aromatic carbocycles. The number of aromatic nitrogens is 1. The van der Waals surface area contributed by atoms with E-state index in [1.807, 2.05) is 19.9 Å². The zero-order chi connectivity index (χ0) is 24.7. The lowest BCUT2D eigenvalue weighted by Crippen LogP contribution is -2.44. The molecule has 1 aromatic heterocycles. The third-order valence-electron chi connectivity index (χ3n) is 7.46. The monoisotopic (exact) mass is 461 g/mol. The van der Waals surface area contributed by atoms with Gasteiger partial charge in [0.2, 0.25) is 0 Å². The van der Waals surface area contributed by atoms with Gasteiger partial charge < -0.3 is 10.6 Å². The molecule has 2 aliphatic rings. The predicted molar refractivity (Wildman–Crippen MR) is 142 cm³/mol. The van der Waals surface area contributed by atoms with E-state index in [4.69, 9.17) is 5.73 Å². The Balaban J connectivity index is 1.55. The Bertz CT molecular complexity index is 1370. The van der Waals surface area contributed by atoms with Crippen LogP contribution in [0.15, 0.2) is 54.7 Å². The fraction of sp³-hybridized carbons (Fsp3) is 0.333. The minimum absolute atomic E-state index is 0.488. The number of hydrogen-bond donors (Lipinski definition) is 1. The summed E-state index contributed by atoms with van der Waals surface area (Å²) in [4.78, 5) is 9.13. The Morgan fingerprint density at radius 2 is 1.83 bits per heavy atom. The van der Waals surface area contributed by atoms with Crippen LogP contribution < -0.4 is 10.6 Å². The molecule has 5 heteroatoms. The van der Waals surface area contributed by atoms with Crippen molar-refractivity contribution in [3.8, 4) is 29.0 Å². The van der Waals surface area contributed by atoms with Crippen molar-refractivity contribution in [3.05, 3.63) is 77.0 Å². The van der Waals surface area contributed by atoms with Gasteiger partial charge in [0.1, 0.15) is 5.82 Å². The zero-order valence-corrected chi connectivity index (χ0v) is 20.8. The summed E-state index contributed by atoms with van der Waals surface area (Å²) in [5.41, 5.74) is 12.5. The van der Waals surface area contributed by atoms with E-state index in [1.54, 1.807) is 12.3 Å². The number of nitrogen functional groups attached to an aromatic ring is 1. The normalized spacial score (nSPS) is 19.3. The average molecular weight is 462 g/mol.